The van der Waals surface area contributed by atoms with Crippen molar-refractivity contribution in [3.05, 3.63) is 29.6 Å². The van der Waals surface area contributed by atoms with Crippen LogP contribution < -0.4 is 4.74 Å². The fourth-order valence-electron chi connectivity index (χ4n) is 3.13. The maximum atomic E-state index is 14.3. The lowest BCUT2D eigenvalue weighted by atomic mass is 9.73. The molecular weight excluding hydrogens is 253 g/mol. The molecule has 0 unspecified atom stereocenters. The molecule has 1 aromatic rings. The summed E-state index contributed by atoms with van der Waals surface area (Å²) in [6, 6.07) is 7.68. The Morgan fingerprint density at radius 2 is 1.85 bits per heavy atom. The Kier molecular flexibility index (Phi) is 5.00. The van der Waals surface area contributed by atoms with Crippen LogP contribution in [0.1, 0.15) is 50.5 Å². The highest BCUT2D eigenvalue weighted by Crippen LogP contribution is 2.38. The molecule has 3 heteroatoms. The molecule has 0 spiro atoms. The number of rotatable bonds is 3. The number of nitrogens with zero attached hydrogens (tertiary/aromatic N) is 1. The van der Waals surface area contributed by atoms with E-state index in [2.05, 4.69) is 6.07 Å². The zero-order chi connectivity index (χ0) is 14.4. The smallest absolute Gasteiger partial charge is 0.168 e. The summed E-state index contributed by atoms with van der Waals surface area (Å²) in [5.74, 6) is -0.0480. The van der Waals surface area contributed by atoms with Gasteiger partial charge < -0.3 is 4.74 Å². The lowest BCUT2D eigenvalue weighted by Gasteiger charge is -2.29. The molecular formula is C17H22FNO. The predicted octanol–water partition coefficient (Wildman–Crippen LogP) is 4.63. The van der Waals surface area contributed by atoms with Gasteiger partial charge in [-0.25, -0.2) is 4.39 Å². The molecule has 108 valence electrons. The molecule has 0 amide bonds. The van der Waals surface area contributed by atoms with E-state index in [0.29, 0.717) is 12.0 Å². The third kappa shape index (κ3) is 3.30. The molecule has 1 saturated carbocycles. The van der Waals surface area contributed by atoms with Gasteiger partial charge in [-0.15, -0.1) is 0 Å². The lowest BCUT2D eigenvalue weighted by molar-refractivity contribution is 0.283. The zero-order valence-electron chi connectivity index (χ0n) is 12.1. The van der Waals surface area contributed by atoms with Gasteiger partial charge >= 0.3 is 0 Å². The largest absolute Gasteiger partial charge is 0.494 e. The predicted molar refractivity (Wildman–Crippen MR) is 77.0 cm³/mol. The molecule has 2 rings (SSSR count). The van der Waals surface area contributed by atoms with Crippen LogP contribution >= 0.6 is 0 Å². The lowest BCUT2D eigenvalue weighted by Crippen LogP contribution is -2.23. The maximum Gasteiger partial charge on any atom is 0.168 e. The number of methoxy groups -OCH3 is 1. The number of hydrogen-bond acceptors (Lipinski definition) is 2. The van der Waals surface area contributed by atoms with Gasteiger partial charge in [-0.05, 0) is 30.9 Å². The Morgan fingerprint density at radius 3 is 2.45 bits per heavy atom. The second-order valence-electron chi connectivity index (χ2n) is 5.77. The van der Waals surface area contributed by atoms with Gasteiger partial charge in [0.1, 0.15) is 0 Å². The van der Waals surface area contributed by atoms with Gasteiger partial charge in [0.2, 0.25) is 0 Å². The number of hydrogen-bond donors (Lipinski definition) is 0. The average molecular weight is 275 g/mol. The van der Waals surface area contributed by atoms with E-state index in [1.165, 1.54) is 26.4 Å². The van der Waals surface area contributed by atoms with E-state index in [1.807, 2.05) is 0 Å². The summed E-state index contributed by atoms with van der Waals surface area (Å²) in [7, 11) is 1.47. The van der Waals surface area contributed by atoms with Crippen molar-refractivity contribution in [2.24, 2.45) is 5.41 Å². The van der Waals surface area contributed by atoms with Crippen molar-refractivity contribution in [1.29, 1.82) is 5.26 Å². The summed E-state index contributed by atoms with van der Waals surface area (Å²) in [4.78, 5) is 0. The van der Waals surface area contributed by atoms with Crippen LogP contribution in [-0.2, 0) is 6.42 Å². The highest BCUT2D eigenvalue weighted by molar-refractivity contribution is 5.32. The van der Waals surface area contributed by atoms with Crippen LogP contribution in [0.2, 0.25) is 0 Å². The fraction of sp³-hybridized carbons (Fsp3) is 0.588. The molecule has 0 bridgehead atoms. The fourth-order valence-corrected chi connectivity index (χ4v) is 3.13. The van der Waals surface area contributed by atoms with Crippen molar-refractivity contribution in [3.8, 4) is 11.8 Å². The normalized spacial score (nSPS) is 18.6. The quantitative estimate of drug-likeness (QED) is 0.805. The third-order valence-electron chi connectivity index (χ3n) is 4.34. The number of ether oxygens (including phenoxy) is 1. The van der Waals surface area contributed by atoms with E-state index >= 15 is 0 Å². The van der Waals surface area contributed by atoms with Crippen LogP contribution in [0.3, 0.4) is 0 Å². The van der Waals surface area contributed by atoms with Crippen molar-refractivity contribution < 1.29 is 9.13 Å². The minimum Gasteiger partial charge on any atom is -0.494 e. The topological polar surface area (TPSA) is 33.0 Å². The minimum atomic E-state index is -0.409. The van der Waals surface area contributed by atoms with Gasteiger partial charge in [-0.2, -0.15) is 5.26 Å². The molecule has 0 N–H and O–H groups in total. The van der Waals surface area contributed by atoms with Crippen LogP contribution in [0, 0.1) is 22.6 Å². The molecule has 0 saturated heterocycles. The highest BCUT2D eigenvalue weighted by atomic mass is 19.1. The molecule has 20 heavy (non-hydrogen) atoms. The number of benzene rings is 1. The van der Waals surface area contributed by atoms with Gasteiger partial charge in [0.15, 0.2) is 11.6 Å². The first-order valence-corrected chi connectivity index (χ1v) is 7.43. The first-order chi connectivity index (χ1) is 9.71. The average Bonchev–Trinajstić information content (AvgIpc) is 2.44. The Bertz CT molecular complexity index is 484. The Balaban J connectivity index is 2.22. The first kappa shape index (κ1) is 14.8. The molecule has 0 heterocycles. The van der Waals surface area contributed by atoms with Crippen molar-refractivity contribution >= 4 is 0 Å². The third-order valence-corrected chi connectivity index (χ3v) is 4.34. The number of nitriles is 1. The molecule has 2 nitrogen and oxygen atoms in total. The molecule has 1 aromatic carbocycles. The van der Waals surface area contributed by atoms with Gasteiger partial charge in [0, 0.05) is 0 Å². The SMILES string of the molecule is COc1cccc(CC2(C#N)CCCCCCC2)c1F. The van der Waals surface area contributed by atoms with E-state index in [9.17, 15) is 9.65 Å². The van der Waals surface area contributed by atoms with E-state index in [-0.39, 0.29) is 11.6 Å². The minimum absolute atomic E-state index is 0.265. The summed E-state index contributed by atoms with van der Waals surface area (Å²) in [5, 5.41) is 9.63. The van der Waals surface area contributed by atoms with Crippen molar-refractivity contribution in [1.82, 2.24) is 0 Å². The van der Waals surface area contributed by atoms with E-state index < -0.39 is 5.41 Å². The standard InChI is InChI=1S/C17H22FNO/c1-20-15-9-7-8-14(16(15)18)12-17(13-19)10-5-3-2-4-6-11-17/h7-9H,2-6,10-12H2,1H3. The highest BCUT2D eigenvalue weighted by Gasteiger charge is 2.31. The molecule has 0 radical (unpaired) electrons. The van der Waals surface area contributed by atoms with Gasteiger partial charge in [-0.1, -0.05) is 44.2 Å². The van der Waals surface area contributed by atoms with Crippen LogP contribution in [0.4, 0.5) is 4.39 Å². The Hall–Kier alpha value is -1.56. The van der Waals surface area contributed by atoms with Gasteiger partial charge in [-0.3, -0.25) is 0 Å². The van der Waals surface area contributed by atoms with Crippen molar-refractivity contribution in [2.45, 2.75) is 51.4 Å². The van der Waals surface area contributed by atoms with Crippen LogP contribution in [-0.4, -0.2) is 7.11 Å². The summed E-state index contributed by atoms with van der Waals surface area (Å²) in [5.41, 5.74) is 0.194. The molecule has 0 aromatic heterocycles. The first-order valence-electron chi connectivity index (χ1n) is 7.43. The van der Waals surface area contributed by atoms with E-state index in [0.717, 1.165) is 25.7 Å². The van der Waals surface area contributed by atoms with Crippen molar-refractivity contribution in [3.63, 3.8) is 0 Å². The second kappa shape index (κ2) is 6.74. The summed E-state index contributed by atoms with van der Waals surface area (Å²) in [6.45, 7) is 0. The van der Waals surface area contributed by atoms with Crippen molar-refractivity contribution in [2.75, 3.05) is 7.11 Å². The summed E-state index contributed by atoms with van der Waals surface area (Å²) < 4.78 is 19.3. The zero-order valence-corrected chi connectivity index (χ0v) is 12.1. The van der Waals surface area contributed by atoms with Gasteiger partial charge in [0.05, 0.1) is 18.6 Å². The molecule has 1 fully saturated rings. The molecule has 0 atom stereocenters. The molecule has 1 aliphatic rings. The molecule has 1 aliphatic carbocycles. The molecule has 0 aliphatic heterocycles. The maximum absolute atomic E-state index is 14.3. The van der Waals surface area contributed by atoms with Crippen LogP contribution in [0.15, 0.2) is 18.2 Å². The summed E-state index contributed by atoms with van der Waals surface area (Å²) >= 11 is 0. The Labute approximate surface area is 120 Å². The number of halogens is 1. The van der Waals surface area contributed by atoms with Crippen LogP contribution in [0.25, 0.3) is 0 Å². The van der Waals surface area contributed by atoms with Crippen LogP contribution in [0.5, 0.6) is 5.75 Å². The Morgan fingerprint density at radius 1 is 1.20 bits per heavy atom. The van der Waals surface area contributed by atoms with E-state index in [1.54, 1.807) is 18.2 Å². The van der Waals surface area contributed by atoms with E-state index in [4.69, 9.17) is 4.74 Å². The monoisotopic (exact) mass is 275 g/mol. The van der Waals surface area contributed by atoms with Gasteiger partial charge in [0.25, 0.3) is 0 Å². The summed E-state index contributed by atoms with van der Waals surface area (Å²) in [6.07, 6.45) is 8.01. The second-order valence-corrected chi connectivity index (χ2v) is 5.77.